The first-order chi connectivity index (χ1) is 13.1. The van der Waals surface area contributed by atoms with Crippen LogP contribution in [-0.2, 0) is 23.8 Å². The van der Waals surface area contributed by atoms with Crippen LogP contribution >= 0.6 is 0 Å². The summed E-state index contributed by atoms with van der Waals surface area (Å²) in [6.45, 7) is 8.52. The highest BCUT2D eigenvalue weighted by molar-refractivity contribution is 5.81. The second-order valence-electron chi connectivity index (χ2n) is 6.95. The van der Waals surface area contributed by atoms with E-state index in [1.807, 2.05) is 0 Å². The van der Waals surface area contributed by atoms with Crippen molar-refractivity contribution < 1.29 is 23.8 Å². The minimum Gasteiger partial charge on any atom is -0.458 e. The Balaban J connectivity index is 3.90. The van der Waals surface area contributed by atoms with Crippen LogP contribution in [0.2, 0.25) is 0 Å². The zero-order chi connectivity index (χ0) is 20.2. The van der Waals surface area contributed by atoms with E-state index in [4.69, 9.17) is 14.2 Å². The second-order valence-corrected chi connectivity index (χ2v) is 6.95. The van der Waals surface area contributed by atoms with Gasteiger partial charge in [-0.3, -0.25) is 4.79 Å². The first-order valence-electron chi connectivity index (χ1n) is 10.7. The van der Waals surface area contributed by atoms with Crippen LogP contribution in [0, 0.1) is 0 Å². The summed E-state index contributed by atoms with van der Waals surface area (Å²) >= 11 is 0. The van der Waals surface area contributed by atoms with Crippen molar-refractivity contribution >= 4 is 11.9 Å². The summed E-state index contributed by atoms with van der Waals surface area (Å²) < 4.78 is 15.9. The second kappa shape index (κ2) is 19.4. The molecule has 0 aromatic carbocycles. The van der Waals surface area contributed by atoms with Crippen LogP contribution in [0.15, 0.2) is 12.7 Å². The minimum absolute atomic E-state index is 0.000475. The van der Waals surface area contributed by atoms with Crippen molar-refractivity contribution in [2.75, 3.05) is 19.8 Å². The van der Waals surface area contributed by atoms with Gasteiger partial charge < -0.3 is 14.2 Å². The molecule has 0 aliphatic rings. The molecule has 0 heterocycles. The number of esters is 2. The van der Waals surface area contributed by atoms with Gasteiger partial charge in [-0.15, -0.1) is 0 Å². The van der Waals surface area contributed by atoms with Gasteiger partial charge in [-0.05, 0) is 12.8 Å². The molecular formula is C22H40O5. The van der Waals surface area contributed by atoms with Gasteiger partial charge in [-0.25, -0.2) is 4.79 Å². The summed E-state index contributed by atoms with van der Waals surface area (Å²) in [5, 5.41) is 0. The van der Waals surface area contributed by atoms with Crippen LogP contribution < -0.4 is 0 Å². The number of unbranched alkanes of at least 4 members (excludes halogenated alkanes) is 9. The van der Waals surface area contributed by atoms with Gasteiger partial charge in [0.2, 0.25) is 0 Å². The molecule has 0 N–H and O–H groups in total. The maximum atomic E-state index is 12.0. The van der Waals surface area contributed by atoms with Crippen LogP contribution in [0.4, 0.5) is 0 Å². The summed E-state index contributed by atoms with van der Waals surface area (Å²) in [6.07, 6.45) is 13.8. The maximum absolute atomic E-state index is 12.0. The van der Waals surface area contributed by atoms with Crippen LogP contribution in [-0.4, -0.2) is 37.9 Å². The summed E-state index contributed by atoms with van der Waals surface area (Å²) in [6, 6.07) is 0. The summed E-state index contributed by atoms with van der Waals surface area (Å²) in [7, 11) is 0. The number of carbonyl (C=O) groups excluding carboxylic acids is 2. The molecule has 0 amide bonds. The van der Waals surface area contributed by atoms with Crippen LogP contribution in [0.3, 0.4) is 0 Å². The average molecular weight is 385 g/mol. The molecule has 158 valence electrons. The summed E-state index contributed by atoms with van der Waals surface area (Å²) in [5.74, 6) is -0.778. The highest BCUT2D eigenvalue weighted by Crippen LogP contribution is 2.11. The Kier molecular flexibility index (Phi) is 18.4. The van der Waals surface area contributed by atoms with Gasteiger partial charge in [0.15, 0.2) is 6.10 Å². The van der Waals surface area contributed by atoms with Gasteiger partial charge in [0.25, 0.3) is 0 Å². The van der Waals surface area contributed by atoms with E-state index in [0.717, 1.165) is 31.8 Å². The van der Waals surface area contributed by atoms with Crippen molar-refractivity contribution in [3.63, 3.8) is 0 Å². The molecule has 5 nitrogen and oxygen atoms in total. The van der Waals surface area contributed by atoms with Crippen molar-refractivity contribution in [3.8, 4) is 0 Å². The highest BCUT2D eigenvalue weighted by atomic mass is 16.6. The van der Waals surface area contributed by atoms with E-state index in [2.05, 4.69) is 20.4 Å². The van der Waals surface area contributed by atoms with Gasteiger partial charge in [0.05, 0.1) is 6.61 Å². The lowest BCUT2D eigenvalue weighted by Crippen LogP contribution is -2.29. The minimum atomic E-state index is -0.558. The maximum Gasteiger partial charge on any atom is 0.330 e. The summed E-state index contributed by atoms with van der Waals surface area (Å²) in [4.78, 5) is 23.2. The average Bonchev–Trinajstić information content (AvgIpc) is 2.67. The van der Waals surface area contributed by atoms with E-state index < -0.39 is 12.1 Å². The molecule has 0 rings (SSSR count). The Bertz CT molecular complexity index is 381. The number of hydrogen-bond donors (Lipinski definition) is 0. The molecule has 1 atom stereocenters. The Morgan fingerprint density at radius 1 is 0.852 bits per heavy atom. The van der Waals surface area contributed by atoms with Gasteiger partial charge in [-0.1, -0.05) is 78.2 Å². The van der Waals surface area contributed by atoms with Crippen LogP contribution in [0.5, 0.6) is 0 Å². The molecule has 5 heteroatoms. The zero-order valence-electron chi connectivity index (χ0n) is 17.5. The van der Waals surface area contributed by atoms with Crippen molar-refractivity contribution in [1.29, 1.82) is 0 Å². The lowest BCUT2D eigenvalue weighted by atomic mass is 10.1. The lowest BCUT2D eigenvalue weighted by Gasteiger charge is -2.18. The van der Waals surface area contributed by atoms with E-state index in [1.165, 1.54) is 44.9 Å². The van der Waals surface area contributed by atoms with Crippen molar-refractivity contribution in [2.24, 2.45) is 0 Å². The molecule has 0 aromatic rings. The SMILES string of the molecule is C=CC(=O)OCC(COCCCC)OC(=O)CCCCCCCCCCC. The molecule has 0 saturated carbocycles. The van der Waals surface area contributed by atoms with E-state index in [1.54, 1.807) is 0 Å². The van der Waals surface area contributed by atoms with E-state index in [9.17, 15) is 9.59 Å². The molecule has 1 unspecified atom stereocenters. The Morgan fingerprint density at radius 2 is 1.44 bits per heavy atom. The van der Waals surface area contributed by atoms with E-state index in [0.29, 0.717) is 13.0 Å². The van der Waals surface area contributed by atoms with Gasteiger partial charge >= 0.3 is 11.9 Å². The molecule has 0 fully saturated rings. The molecule has 0 aromatic heterocycles. The Labute approximate surface area is 165 Å². The lowest BCUT2D eigenvalue weighted by molar-refractivity contribution is -0.160. The third-order valence-corrected chi connectivity index (χ3v) is 4.31. The normalized spacial score (nSPS) is 11.8. The molecule has 0 radical (unpaired) electrons. The first-order valence-corrected chi connectivity index (χ1v) is 10.7. The van der Waals surface area contributed by atoms with Crippen molar-refractivity contribution in [1.82, 2.24) is 0 Å². The predicted octanol–water partition coefficient (Wildman–Crippen LogP) is 5.37. The van der Waals surface area contributed by atoms with Gasteiger partial charge in [-0.2, -0.15) is 0 Å². The number of rotatable bonds is 19. The predicted molar refractivity (Wildman–Crippen MR) is 109 cm³/mol. The van der Waals surface area contributed by atoms with Crippen LogP contribution in [0.1, 0.15) is 90.9 Å². The molecule has 27 heavy (non-hydrogen) atoms. The quantitative estimate of drug-likeness (QED) is 0.170. The van der Waals surface area contributed by atoms with E-state index in [-0.39, 0.29) is 19.2 Å². The third-order valence-electron chi connectivity index (χ3n) is 4.31. The fourth-order valence-corrected chi connectivity index (χ4v) is 2.64. The zero-order valence-corrected chi connectivity index (χ0v) is 17.5. The fourth-order valence-electron chi connectivity index (χ4n) is 2.64. The number of carbonyl (C=O) groups is 2. The molecular weight excluding hydrogens is 344 g/mol. The smallest absolute Gasteiger partial charge is 0.330 e. The molecule has 0 aliphatic heterocycles. The number of hydrogen-bond acceptors (Lipinski definition) is 5. The van der Waals surface area contributed by atoms with Gasteiger partial charge in [0, 0.05) is 19.1 Å². The molecule has 0 bridgehead atoms. The largest absolute Gasteiger partial charge is 0.458 e. The Hall–Kier alpha value is -1.36. The standard InChI is InChI=1S/C22H40O5/c1-4-7-9-10-11-12-13-14-15-16-22(24)27-20(18-25-17-8-5-2)19-26-21(23)6-3/h6,20H,3-5,7-19H2,1-2H3. The molecule has 0 saturated heterocycles. The topological polar surface area (TPSA) is 61.8 Å². The highest BCUT2D eigenvalue weighted by Gasteiger charge is 2.16. The van der Waals surface area contributed by atoms with Crippen molar-refractivity contribution in [2.45, 2.75) is 97.0 Å². The first kappa shape index (κ1) is 25.6. The summed E-state index contributed by atoms with van der Waals surface area (Å²) in [5.41, 5.74) is 0. The monoisotopic (exact) mass is 384 g/mol. The van der Waals surface area contributed by atoms with Crippen molar-refractivity contribution in [3.05, 3.63) is 12.7 Å². The fraction of sp³-hybridized carbons (Fsp3) is 0.818. The molecule has 0 spiro atoms. The Morgan fingerprint density at radius 3 is 2.04 bits per heavy atom. The van der Waals surface area contributed by atoms with E-state index >= 15 is 0 Å². The third kappa shape index (κ3) is 17.8. The molecule has 0 aliphatic carbocycles. The van der Waals surface area contributed by atoms with Crippen LogP contribution in [0.25, 0.3) is 0 Å². The number of ether oxygens (including phenoxy) is 3. The van der Waals surface area contributed by atoms with Gasteiger partial charge in [0.1, 0.15) is 6.61 Å².